The lowest BCUT2D eigenvalue weighted by atomic mass is 9.74. The van der Waals surface area contributed by atoms with Crippen LogP contribution in [0.25, 0.3) is 0 Å². The van der Waals surface area contributed by atoms with Crippen LogP contribution in [0, 0.1) is 5.92 Å². The molecule has 0 bridgehead atoms. The molecule has 4 nitrogen and oxygen atoms in total. The zero-order valence-electron chi connectivity index (χ0n) is 19.1. The Kier molecular flexibility index (Phi) is 8.38. The van der Waals surface area contributed by atoms with Crippen molar-refractivity contribution in [3.8, 4) is 5.75 Å². The number of carboxylic acids is 1. The van der Waals surface area contributed by atoms with Crippen LogP contribution in [0.5, 0.6) is 5.75 Å². The fourth-order valence-corrected chi connectivity index (χ4v) is 4.76. The molecule has 2 aromatic rings. The smallest absolute Gasteiger partial charge is 0.335 e. The van der Waals surface area contributed by atoms with Gasteiger partial charge in [-0.25, -0.2) is 4.79 Å². The van der Waals surface area contributed by atoms with E-state index in [-0.39, 0.29) is 29.6 Å². The van der Waals surface area contributed by atoms with Gasteiger partial charge in [0, 0.05) is 22.4 Å². The van der Waals surface area contributed by atoms with E-state index in [1.165, 1.54) is 5.56 Å². The first-order valence-electron chi connectivity index (χ1n) is 11.4. The summed E-state index contributed by atoms with van der Waals surface area (Å²) in [6.45, 7) is 11.0. The Hall–Kier alpha value is -2.30. The van der Waals surface area contributed by atoms with Crippen LogP contribution in [0.3, 0.4) is 0 Å². The van der Waals surface area contributed by atoms with Crippen LogP contribution in [-0.4, -0.2) is 23.8 Å². The molecule has 0 amide bonds. The van der Waals surface area contributed by atoms with Gasteiger partial charge in [0.05, 0.1) is 24.4 Å². The van der Waals surface area contributed by atoms with Crippen molar-refractivity contribution in [1.82, 2.24) is 0 Å². The molecule has 0 aromatic heterocycles. The Morgan fingerprint density at radius 2 is 2.00 bits per heavy atom. The number of rotatable bonds is 9. The Labute approximate surface area is 196 Å². The lowest BCUT2D eigenvalue weighted by molar-refractivity contribution is -0.0932. The van der Waals surface area contributed by atoms with Crippen molar-refractivity contribution in [3.63, 3.8) is 0 Å². The molecule has 1 saturated heterocycles. The lowest BCUT2D eigenvalue weighted by Crippen LogP contribution is -2.36. The van der Waals surface area contributed by atoms with Gasteiger partial charge in [0.2, 0.25) is 0 Å². The van der Waals surface area contributed by atoms with Gasteiger partial charge in [-0.05, 0) is 56.0 Å². The second-order valence-electron chi connectivity index (χ2n) is 8.64. The van der Waals surface area contributed by atoms with Gasteiger partial charge in [0.15, 0.2) is 0 Å². The van der Waals surface area contributed by atoms with E-state index in [2.05, 4.69) is 19.6 Å². The normalized spacial score (nSPS) is 23.0. The van der Waals surface area contributed by atoms with E-state index in [0.717, 1.165) is 41.8 Å². The number of hydrogen-bond donors (Lipinski definition) is 1. The first-order valence-corrected chi connectivity index (χ1v) is 11.8. The third kappa shape index (κ3) is 5.54. The van der Waals surface area contributed by atoms with E-state index >= 15 is 0 Å². The Bertz CT molecular complexity index is 954. The van der Waals surface area contributed by atoms with Gasteiger partial charge in [-0.2, -0.15) is 0 Å². The van der Waals surface area contributed by atoms with Gasteiger partial charge in [-0.1, -0.05) is 62.2 Å². The lowest BCUT2D eigenvalue weighted by Gasteiger charge is -2.43. The molecule has 5 heteroatoms. The zero-order valence-corrected chi connectivity index (χ0v) is 19.9. The quantitative estimate of drug-likeness (QED) is 0.398. The van der Waals surface area contributed by atoms with Gasteiger partial charge in [0.1, 0.15) is 5.75 Å². The third-order valence-corrected chi connectivity index (χ3v) is 6.39. The maximum atomic E-state index is 11.5. The van der Waals surface area contributed by atoms with E-state index in [1.54, 1.807) is 12.1 Å². The SMILES string of the molecule is C=C(C)[C@H]1C[C@@H](c2cccc(Cl)c2)[C@H](CCC)O[C@@H]1c1ccc(C(=O)O)cc1OCCC. The van der Waals surface area contributed by atoms with Crippen LogP contribution in [0.4, 0.5) is 0 Å². The predicted octanol–water partition coefficient (Wildman–Crippen LogP) is 7.43. The molecular weight excluding hydrogens is 424 g/mol. The molecule has 2 aromatic carbocycles. The van der Waals surface area contributed by atoms with Crippen LogP contribution < -0.4 is 4.74 Å². The highest BCUT2D eigenvalue weighted by Crippen LogP contribution is 2.49. The number of ether oxygens (including phenoxy) is 2. The van der Waals surface area contributed by atoms with E-state index in [1.807, 2.05) is 38.1 Å². The van der Waals surface area contributed by atoms with E-state index in [9.17, 15) is 9.90 Å². The van der Waals surface area contributed by atoms with Crippen molar-refractivity contribution in [3.05, 3.63) is 76.3 Å². The monoisotopic (exact) mass is 456 g/mol. The van der Waals surface area contributed by atoms with Gasteiger partial charge >= 0.3 is 5.97 Å². The van der Waals surface area contributed by atoms with E-state index in [0.29, 0.717) is 12.4 Å². The molecular formula is C27H33ClO4. The van der Waals surface area contributed by atoms with Crippen LogP contribution in [-0.2, 0) is 4.74 Å². The summed E-state index contributed by atoms with van der Waals surface area (Å²) in [6, 6.07) is 13.1. The summed E-state index contributed by atoms with van der Waals surface area (Å²) in [5.74, 6) is -0.0973. The first-order chi connectivity index (χ1) is 15.3. The third-order valence-electron chi connectivity index (χ3n) is 6.16. The molecule has 1 N–H and O–H groups in total. The second-order valence-corrected chi connectivity index (χ2v) is 9.08. The topological polar surface area (TPSA) is 55.8 Å². The minimum absolute atomic E-state index is 0.0252. The van der Waals surface area contributed by atoms with Gasteiger partial charge < -0.3 is 14.6 Å². The molecule has 1 aliphatic rings. The van der Waals surface area contributed by atoms with Crippen LogP contribution in [0.15, 0.2) is 54.6 Å². The van der Waals surface area contributed by atoms with Gasteiger partial charge in [-0.3, -0.25) is 0 Å². The summed E-state index contributed by atoms with van der Waals surface area (Å²) < 4.78 is 12.8. The van der Waals surface area contributed by atoms with E-state index in [4.69, 9.17) is 21.1 Å². The van der Waals surface area contributed by atoms with E-state index < -0.39 is 5.97 Å². The molecule has 1 aliphatic heterocycles. The fourth-order valence-electron chi connectivity index (χ4n) is 4.56. The summed E-state index contributed by atoms with van der Waals surface area (Å²) in [6.07, 6.45) is 3.44. The zero-order chi connectivity index (χ0) is 23.3. The molecule has 0 radical (unpaired) electrons. The highest BCUT2D eigenvalue weighted by Gasteiger charge is 2.40. The van der Waals surface area contributed by atoms with Crippen molar-refractivity contribution < 1.29 is 19.4 Å². The van der Waals surface area contributed by atoms with Crippen molar-refractivity contribution in [2.24, 2.45) is 5.92 Å². The van der Waals surface area contributed by atoms with Gasteiger partial charge in [0.25, 0.3) is 0 Å². The largest absolute Gasteiger partial charge is 0.493 e. The van der Waals surface area contributed by atoms with Gasteiger partial charge in [-0.15, -0.1) is 0 Å². The number of halogens is 1. The summed E-state index contributed by atoms with van der Waals surface area (Å²) in [5, 5.41) is 10.2. The van der Waals surface area contributed by atoms with Crippen LogP contribution in [0.1, 0.15) is 80.0 Å². The first kappa shape index (κ1) is 24.3. The Morgan fingerprint density at radius 1 is 1.22 bits per heavy atom. The molecule has 3 rings (SSSR count). The standard InChI is InChI=1S/C27H33ClO4/c1-5-8-24-23(18-9-7-10-20(28)14-18)16-22(17(3)4)26(32-24)21-12-11-19(27(29)30)15-25(21)31-13-6-2/h7,9-12,14-15,22-24,26H,3,5-6,8,13,16H2,1-2,4H3,(H,29,30)/t22-,23+,24+,26-/m1/s1. The maximum Gasteiger partial charge on any atom is 0.335 e. The summed E-state index contributed by atoms with van der Waals surface area (Å²) in [5.41, 5.74) is 3.33. The summed E-state index contributed by atoms with van der Waals surface area (Å²) in [7, 11) is 0. The molecule has 0 aliphatic carbocycles. The molecule has 0 saturated carbocycles. The molecule has 0 unspecified atom stereocenters. The minimum atomic E-state index is -0.969. The molecule has 1 fully saturated rings. The molecule has 4 atom stereocenters. The van der Waals surface area contributed by atoms with Crippen molar-refractivity contribution >= 4 is 17.6 Å². The highest BCUT2D eigenvalue weighted by atomic mass is 35.5. The Morgan fingerprint density at radius 3 is 2.62 bits per heavy atom. The fraction of sp³-hybridized carbons (Fsp3) is 0.444. The van der Waals surface area contributed by atoms with Crippen molar-refractivity contribution in [1.29, 1.82) is 0 Å². The van der Waals surface area contributed by atoms with Crippen LogP contribution in [0.2, 0.25) is 5.02 Å². The highest BCUT2D eigenvalue weighted by molar-refractivity contribution is 6.30. The average molecular weight is 457 g/mol. The summed E-state index contributed by atoms with van der Waals surface area (Å²) in [4.78, 5) is 11.5. The molecule has 0 spiro atoms. The number of carbonyl (C=O) groups is 1. The number of hydrogen-bond acceptors (Lipinski definition) is 3. The molecule has 32 heavy (non-hydrogen) atoms. The second kappa shape index (κ2) is 11.0. The molecule has 172 valence electrons. The molecule has 1 heterocycles. The number of aromatic carboxylic acids is 1. The summed E-state index contributed by atoms with van der Waals surface area (Å²) >= 11 is 6.30. The number of carboxylic acid groups (broad SMARTS) is 1. The maximum absolute atomic E-state index is 11.5. The Balaban J connectivity index is 2.02. The minimum Gasteiger partial charge on any atom is -0.493 e. The van der Waals surface area contributed by atoms with Crippen LogP contribution >= 0.6 is 11.6 Å². The van der Waals surface area contributed by atoms with Crippen molar-refractivity contribution in [2.75, 3.05) is 6.61 Å². The average Bonchev–Trinajstić information content (AvgIpc) is 2.77. The van der Waals surface area contributed by atoms with Crippen molar-refractivity contribution in [2.45, 2.75) is 64.6 Å². The predicted molar refractivity (Wildman–Crippen MR) is 129 cm³/mol. The number of benzene rings is 2.